The van der Waals surface area contributed by atoms with Crippen LogP contribution in [0.3, 0.4) is 0 Å². The van der Waals surface area contributed by atoms with Crippen molar-refractivity contribution in [2.24, 2.45) is 0 Å². The molecule has 0 unspecified atom stereocenters. The largest absolute Gasteiger partial charge is 0.341 e. The van der Waals surface area contributed by atoms with E-state index < -0.39 is 15.7 Å². The summed E-state index contributed by atoms with van der Waals surface area (Å²) in [6.45, 7) is 2.93. The summed E-state index contributed by atoms with van der Waals surface area (Å²) >= 11 is 6.14. The van der Waals surface area contributed by atoms with Crippen LogP contribution in [0.2, 0.25) is 5.02 Å². The maximum absolute atomic E-state index is 12.8. The molecule has 1 amide bonds. The minimum atomic E-state index is -3.44. The Morgan fingerprint density at radius 3 is 2.45 bits per heavy atom. The molecule has 0 aliphatic carbocycles. The number of nitrogens with one attached hydrogen (secondary N) is 1. The standard InChI is InChI=1S/C22H19ClN2O3S/c1-3-25-20-7-5-4-6-16(20)17-12-14(8-11-21(17)25)24-22(26)18-13-15(29(2,27)28)9-10-19(18)23/h4-13H,3H2,1-2H3,(H,24,26). The van der Waals surface area contributed by atoms with Gasteiger partial charge >= 0.3 is 0 Å². The van der Waals surface area contributed by atoms with E-state index in [0.29, 0.717) is 5.69 Å². The molecule has 0 saturated heterocycles. The SMILES string of the molecule is CCn1c2ccccc2c2cc(NC(=O)c3cc(S(C)(=O)=O)ccc3Cl)ccc21. The predicted molar refractivity (Wildman–Crippen MR) is 118 cm³/mol. The van der Waals surface area contributed by atoms with Crippen molar-refractivity contribution >= 4 is 54.8 Å². The van der Waals surface area contributed by atoms with Crippen molar-refractivity contribution < 1.29 is 13.2 Å². The van der Waals surface area contributed by atoms with Crippen molar-refractivity contribution in [3.05, 3.63) is 71.2 Å². The van der Waals surface area contributed by atoms with Gasteiger partial charge in [0.05, 0.1) is 15.5 Å². The van der Waals surface area contributed by atoms with Gasteiger partial charge in [0.25, 0.3) is 5.91 Å². The van der Waals surface area contributed by atoms with Crippen LogP contribution in [0.25, 0.3) is 21.8 Å². The van der Waals surface area contributed by atoms with Crippen LogP contribution in [0.15, 0.2) is 65.6 Å². The van der Waals surface area contributed by atoms with Crippen molar-refractivity contribution in [3.63, 3.8) is 0 Å². The quantitative estimate of drug-likeness (QED) is 0.492. The van der Waals surface area contributed by atoms with E-state index in [9.17, 15) is 13.2 Å². The monoisotopic (exact) mass is 426 g/mol. The number of rotatable bonds is 4. The normalized spacial score (nSPS) is 11.8. The molecule has 148 valence electrons. The highest BCUT2D eigenvalue weighted by Crippen LogP contribution is 2.31. The molecule has 3 aromatic carbocycles. The molecule has 0 spiro atoms. The number of nitrogens with zero attached hydrogens (tertiary/aromatic N) is 1. The van der Waals surface area contributed by atoms with Crippen LogP contribution in [0.1, 0.15) is 17.3 Å². The van der Waals surface area contributed by atoms with E-state index >= 15 is 0 Å². The Bertz CT molecular complexity index is 1370. The second kappa shape index (κ2) is 7.21. The van der Waals surface area contributed by atoms with Gasteiger partial charge in [0.1, 0.15) is 0 Å². The highest BCUT2D eigenvalue weighted by Gasteiger charge is 2.16. The molecule has 29 heavy (non-hydrogen) atoms. The zero-order chi connectivity index (χ0) is 20.8. The van der Waals surface area contributed by atoms with Crippen molar-refractivity contribution in [1.29, 1.82) is 0 Å². The summed E-state index contributed by atoms with van der Waals surface area (Å²) in [6, 6.07) is 18.0. The number of sulfone groups is 1. The lowest BCUT2D eigenvalue weighted by Crippen LogP contribution is -2.13. The van der Waals surface area contributed by atoms with Gasteiger partial charge in [-0.2, -0.15) is 0 Å². The highest BCUT2D eigenvalue weighted by molar-refractivity contribution is 7.90. The molecule has 1 heterocycles. The first-order chi connectivity index (χ1) is 13.8. The second-order valence-electron chi connectivity index (χ2n) is 6.86. The van der Waals surface area contributed by atoms with Gasteiger partial charge in [0.2, 0.25) is 0 Å². The first-order valence-corrected chi connectivity index (χ1v) is 11.4. The molecule has 0 fully saturated rings. The Hall–Kier alpha value is -2.83. The Morgan fingerprint density at radius 2 is 1.72 bits per heavy atom. The average Bonchev–Trinajstić information content (AvgIpc) is 3.00. The molecule has 0 radical (unpaired) electrons. The van der Waals surface area contributed by atoms with Crippen molar-refractivity contribution in [2.75, 3.05) is 11.6 Å². The molecule has 0 atom stereocenters. The summed E-state index contributed by atoms with van der Waals surface area (Å²) in [5.74, 6) is -0.459. The van der Waals surface area contributed by atoms with Crippen LogP contribution >= 0.6 is 11.6 Å². The number of hydrogen-bond donors (Lipinski definition) is 1. The Labute approximate surface area is 173 Å². The van der Waals surface area contributed by atoms with Crippen LogP contribution in [0, 0.1) is 0 Å². The molecule has 0 aliphatic heterocycles. The van der Waals surface area contributed by atoms with E-state index in [4.69, 9.17) is 11.6 Å². The second-order valence-corrected chi connectivity index (χ2v) is 9.28. The number of fused-ring (bicyclic) bond motifs is 3. The smallest absolute Gasteiger partial charge is 0.257 e. The molecule has 4 rings (SSSR count). The van der Waals surface area contributed by atoms with E-state index in [1.807, 2.05) is 30.3 Å². The molecule has 5 nitrogen and oxygen atoms in total. The number of halogens is 1. The lowest BCUT2D eigenvalue weighted by atomic mass is 10.1. The van der Waals surface area contributed by atoms with Gasteiger partial charge in [0, 0.05) is 40.3 Å². The fourth-order valence-corrected chi connectivity index (χ4v) is 4.43. The lowest BCUT2D eigenvalue weighted by Gasteiger charge is -2.09. The van der Waals surface area contributed by atoms with Crippen LogP contribution in [-0.4, -0.2) is 25.1 Å². The molecule has 0 bridgehead atoms. The molecule has 1 aromatic heterocycles. The van der Waals surface area contributed by atoms with Gasteiger partial charge in [0.15, 0.2) is 9.84 Å². The Morgan fingerprint density at radius 1 is 1.00 bits per heavy atom. The fraction of sp³-hybridized carbons (Fsp3) is 0.136. The molecule has 0 aliphatic rings. The van der Waals surface area contributed by atoms with Gasteiger partial charge in [-0.15, -0.1) is 0 Å². The number of carbonyl (C=O) groups is 1. The zero-order valence-corrected chi connectivity index (χ0v) is 17.5. The minimum absolute atomic E-state index is 0.0496. The van der Waals surface area contributed by atoms with E-state index in [0.717, 1.165) is 34.6 Å². The molecule has 4 aromatic rings. The number of hydrogen-bond acceptors (Lipinski definition) is 3. The van der Waals surface area contributed by atoms with Crippen molar-refractivity contribution in [3.8, 4) is 0 Å². The third-order valence-electron chi connectivity index (χ3n) is 4.96. The summed E-state index contributed by atoms with van der Waals surface area (Å²) in [6.07, 6.45) is 1.09. The first kappa shape index (κ1) is 19.5. The average molecular weight is 427 g/mol. The lowest BCUT2D eigenvalue weighted by molar-refractivity contribution is 0.102. The Balaban J connectivity index is 1.75. The third-order valence-corrected chi connectivity index (χ3v) is 6.40. The van der Waals surface area contributed by atoms with Crippen LogP contribution in [0.5, 0.6) is 0 Å². The number of amides is 1. The fourth-order valence-electron chi connectivity index (χ4n) is 3.58. The van der Waals surface area contributed by atoms with Crippen LogP contribution in [0.4, 0.5) is 5.69 Å². The van der Waals surface area contributed by atoms with Crippen molar-refractivity contribution in [1.82, 2.24) is 4.57 Å². The molecule has 0 saturated carbocycles. The number of aryl methyl sites for hydroxylation is 1. The van der Waals surface area contributed by atoms with Gasteiger partial charge < -0.3 is 9.88 Å². The topological polar surface area (TPSA) is 68.2 Å². The van der Waals surface area contributed by atoms with E-state index in [1.165, 1.54) is 18.2 Å². The summed E-state index contributed by atoms with van der Waals surface area (Å²) in [4.78, 5) is 12.8. The molecular formula is C22H19ClN2O3S. The van der Waals surface area contributed by atoms with E-state index in [-0.39, 0.29) is 15.5 Å². The Kier molecular flexibility index (Phi) is 4.84. The van der Waals surface area contributed by atoms with Gasteiger partial charge in [-0.05, 0) is 49.4 Å². The van der Waals surface area contributed by atoms with E-state index in [2.05, 4.69) is 28.9 Å². The van der Waals surface area contributed by atoms with Gasteiger partial charge in [-0.3, -0.25) is 4.79 Å². The molecule has 7 heteroatoms. The van der Waals surface area contributed by atoms with Crippen molar-refractivity contribution in [2.45, 2.75) is 18.4 Å². The summed E-state index contributed by atoms with van der Waals surface area (Å²) in [5.41, 5.74) is 2.95. The van der Waals surface area contributed by atoms with Crippen LogP contribution in [-0.2, 0) is 16.4 Å². The maximum Gasteiger partial charge on any atom is 0.257 e. The number of para-hydroxylation sites is 1. The zero-order valence-electron chi connectivity index (χ0n) is 15.9. The molecular weight excluding hydrogens is 408 g/mol. The summed E-state index contributed by atoms with van der Waals surface area (Å²) in [7, 11) is -3.44. The third kappa shape index (κ3) is 3.50. The summed E-state index contributed by atoms with van der Waals surface area (Å²) in [5, 5.41) is 5.17. The number of aromatic nitrogens is 1. The van der Waals surface area contributed by atoms with Gasteiger partial charge in [-0.1, -0.05) is 29.8 Å². The summed E-state index contributed by atoms with van der Waals surface area (Å²) < 4.78 is 25.8. The maximum atomic E-state index is 12.8. The minimum Gasteiger partial charge on any atom is -0.341 e. The number of anilines is 1. The number of benzene rings is 3. The number of carbonyl (C=O) groups excluding carboxylic acids is 1. The predicted octanol–water partition coefficient (Wildman–Crippen LogP) is 5.12. The van der Waals surface area contributed by atoms with Crippen LogP contribution < -0.4 is 5.32 Å². The van der Waals surface area contributed by atoms with E-state index in [1.54, 1.807) is 0 Å². The first-order valence-electron chi connectivity index (χ1n) is 9.11. The highest BCUT2D eigenvalue weighted by atomic mass is 35.5. The molecule has 1 N–H and O–H groups in total. The van der Waals surface area contributed by atoms with Gasteiger partial charge in [-0.25, -0.2) is 8.42 Å².